The number of amides is 1. The van der Waals surface area contributed by atoms with Crippen molar-refractivity contribution in [1.29, 1.82) is 0 Å². The minimum Gasteiger partial charge on any atom is -0.325 e. The summed E-state index contributed by atoms with van der Waals surface area (Å²) < 4.78 is 1.54. The number of hydrogen-bond donors (Lipinski definition) is 1. The monoisotopic (exact) mass is 339 g/mol. The second kappa shape index (κ2) is 7.27. The molecule has 0 bridgehead atoms. The van der Waals surface area contributed by atoms with Crippen LogP contribution in [0.25, 0.3) is 5.69 Å². The van der Waals surface area contributed by atoms with Crippen LogP contribution in [0.4, 0.5) is 5.69 Å². The Labute approximate surface area is 144 Å². The molecule has 0 aliphatic heterocycles. The lowest BCUT2D eigenvalue weighted by atomic mass is 10.2. The zero-order chi connectivity index (χ0) is 16.9. The molecule has 1 unspecified atom stereocenters. The average Bonchev–Trinajstić information content (AvgIpc) is 3.12. The molecule has 0 radical (unpaired) electrons. The zero-order valence-corrected chi connectivity index (χ0v) is 14.2. The highest BCUT2D eigenvalue weighted by molar-refractivity contribution is 8.00. The number of nitrogens with one attached hydrogen (secondary N) is 1. The first-order valence-electron chi connectivity index (χ1n) is 7.49. The van der Waals surface area contributed by atoms with Gasteiger partial charge in [0, 0.05) is 10.6 Å². The van der Waals surface area contributed by atoms with Crippen LogP contribution in [0.3, 0.4) is 0 Å². The highest BCUT2D eigenvalue weighted by atomic mass is 32.2. The van der Waals surface area contributed by atoms with Gasteiger partial charge in [0.1, 0.15) is 6.33 Å². The molecule has 1 N–H and O–H groups in total. The molecule has 3 aromatic rings. The standard InChI is InChI=1S/C17H17N5OS/c1-12-6-8-16(9-7-12)24-13(2)17(23)19-14-4-3-5-15(10-14)22-11-18-20-21-22/h3-11,13H,1-2H3,(H,19,23). The lowest BCUT2D eigenvalue weighted by Gasteiger charge is -2.13. The first-order valence-corrected chi connectivity index (χ1v) is 8.37. The summed E-state index contributed by atoms with van der Waals surface area (Å²) in [5, 5.41) is 13.8. The predicted octanol–water partition coefficient (Wildman–Crippen LogP) is 3.09. The summed E-state index contributed by atoms with van der Waals surface area (Å²) >= 11 is 1.53. The number of nitrogens with zero attached hydrogens (tertiary/aromatic N) is 4. The second-order valence-electron chi connectivity index (χ2n) is 5.37. The van der Waals surface area contributed by atoms with Crippen LogP contribution in [-0.2, 0) is 4.79 Å². The summed E-state index contributed by atoms with van der Waals surface area (Å²) in [7, 11) is 0. The van der Waals surface area contributed by atoms with Crippen molar-refractivity contribution in [2.75, 3.05) is 5.32 Å². The summed E-state index contributed by atoms with van der Waals surface area (Å²) in [6, 6.07) is 15.5. The fraction of sp³-hybridized carbons (Fsp3) is 0.176. The van der Waals surface area contributed by atoms with E-state index in [0.717, 1.165) is 10.6 Å². The molecule has 2 aromatic carbocycles. The van der Waals surface area contributed by atoms with Gasteiger partial charge >= 0.3 is 0 Å². The number of hydrogen-bond acceptors (Lipinski definition) is 5. The molecule has 0 aliphatic carbocycles. The van der Waals surface area contributed by atoms with Crippen molar-refractivity contribution in [3.05, 3.63) is 60.4 Å². The lowest BCUT2D eigenvalue weighted by Crippen LogP contribution is -2.22. The molecule has 0 saturated heterocycles. The Morgan fingerprint density at radius 3 is 2.71 bits per heavy atom. The van der Waals surface area contributed by atoms with E-state index < -0.39 is 0 Å². The van der Waals surface area contributed by atoms with Gasteiger partial charge in [0.15, 0.2) is 0 Å². The molecule has 122 valence electrons. The smallest absolute Gasteiger partial charge is 0.237 e. The zero-order valence-electron chi connectivity index (χ0n) is 13.4. The van der Waals surface area contributed by atoms with E-state index in [2.05, 4.69) is 20.8 Å². The molecule has 1 aromatic heterocycles. The lowest BCUT2D eigenvalue weighted by molar-refractivity contribution is -0.115. The highest BCUT2D eigenvalue weighted by Gasteiger charge is 2.15. The number of aryl methyl sites for hydroxylation is 1. The average molecular weight is 339 g/mol. The maximum atomic E-state index is 12.4. The first-order chi connectivity index (χ1) is 11.6. The Balaban J connectivity index is 1.66. The SMILES string of the molecule is Cc1ccc(SC(C)C(=O)Nc2cccc(-n3cnnn3)c2)cc1. The van der Waals surface area contributed by atoms with Gasteiger partial charge in [0.2, 0.25) is 5.91 Å². The fourth-order valence-electron chi connectivity index (χ4n) is 2.12. The number of tetrazole rings is 1. The number of aromatic nitrogens is 4. The van der Waals surface area contributed by atoms with Gasteiger partial charge in [-0.1, -0.05) is 23.8 Å². The largest absolute Gasteiger partial charge is 0.325 e. The summed E-state index contributed by atoms with van der Waals surface area (Å²) in [4.78, 5) is 13.5. The van der Waals surface area contributed by atoms with Gasteiger partial charge in [0.25, 0.3) is 0 Å². The number of carbonyl (C=O) groups excluding carboxylic acids is 1. The Bertz CT molecular complexity index is 817. The molecule has 0 aliphatic rings. The molecule has 3 rings (SSSR count). The molecular formula is C17H17N5OS. The van der Waals surface area contributed by atoms with Crippen molar-refractivity contribution in [2.24, 2.45) is 0 Å². The molecule has 1 atom stereocenters. The van der Waals surface area contributed by atoms with Crippen LogP contribution in [0.5, 0.6) is 0 Å². The maximum absolute atomic E-state index is 12.4. The third-order valence-electron chi connectivity index (χ3n) is 3.43. The van der Waals surface area contributed by atoms with Crippen molar-refractivity contribution in [3.8, 4) is 5.69 Å². The van der Waals surface area contributed by atoms with Crippen molar-refractivity contribution in [3.63, 3.8) is 0 Å². The van der Waals surface area contributed by atoms with E-state index in [1.807, 2.05) is 62.4 Å². The molecule has 1 amide bonds. The molecule has 6 nitrogen and oxygen atoms in total. The molecule has 0 spiro atoms. The van der Waals surface area contributed by atoms with Crippen molar-refractivity contribution in [2.45, 2.75) is 24.0 Å². The molecular weight excluding hydrogens is 322 g/mol. The van der Waals surface area contributed by atoms with Crippen LogP contribution in [0.15, 0.2) is 59.8 Å². The maximum Gasteiger partial charge on any atom is 0.237 e. The van der Waals surface area contributed by atoms with Gasteiger partial charge in [0.05, 0.1) is 10.9 Å². The highest BCUT2D eigenvalue weighted by Crippen LogP contribution is 2.24. The van der Waals surface area contributed by atoms with E-state index in [4.69, 9.17) is 0 Å². The van der Waals surface area contributed by atoms with Gasteiger partial charge in [-0.25, -0.2) is 4.68 Å². The molecule has 0 fully saturated rings. The Kier molecular flexibility index (Phi) is 4.90. The Hall–Kier alpha value is -2.67. The van der Waals surface area contributed by atoms with Gasteiger partial charge in [-0.3, -0.25) is 4.79 Å². The van der Waals surface area contributed by atoms with E-state index >= 15 is 0 Å². The normalized spacial score (nSPS) is 11.9. The third kappa shape index (κ3) is 3.99. The van der Waals surface area contributed by atoms with Gasteiger partial charge in [-0.15, -0.1) is 16.9 Å². The summed E-state index contributed by atoms with van der Waals surface area (Å²) in [6.45, 7) is 3.94. The number of anilines is 1. The van der Waals surface area contributed by atoms with E-state index in [1.165, 1.54) is 23.7 Å². The van der Waals surface area contributed by atoms with Crippen LogP contribution < -0.4 is 5.32 Å². The molecule has 24 heavy (non-hydrogen) atoms. The van der Waals surface area contributed by atoms with Gasteiger partial charge < -0.3 is 5.32 Å². The summed E-state index contributed by atoms with van der Waals surface area (Å²) in [5.74, 6) is -0.0468. The number of benzene rings is 2. The van der Waals surface area contributed by atoms with Crippen LogP contribution in [0.1, 0.15) is 12.5 Å². The second-order valence-corrected chi connectivity index (χ2v) is 6.78. The van der Waals surface area contributed by atoms with E-state index in [-0.39, 0.29) is 11.2 Å². The topological polar surface area (TPSA) is 72.7 Å². The van der Waals surface area contributed by atoms with Crippen LogP contribution in [-0.4, -0.2) is 31.4 Å². The summed E-state index contributed by atoms with van der Waals surface area (Å²) in [6.07, 6.45) is 1.51. The Morgan fingerprint density at radius 2 is 2.00 bits per heavy atom. The van der Waals surface area contributed by atoms with E-state index in [1.54, 1.807) is 4.68 Å². The van der Waals surface area contributed by atoms with Crippen molar-refractivity contribution in [1.82, 2.24) is 20.2 Å². The first kappa shape index (κ1) is 16.2. The summed E-state index contributed by atoms with van der Waals surface area (Å²) in [5.41, 5.74) is 2.71. The van der Waals surface area contributed by atoms with Crippen LogP contribution >= 0.6 is 11.8 Å². The van der Waals surface area contributed by atoms with Gasteiger partial charge in [-0.2, -0.15) is 0 Å². The Morgan fingerprint density at radius 1 is 1.21 bits per heavy atom. The quantitative estimate of drug-likeness (QED) is 0.723. The van der Waals surface area contributed by atoms with Crippen LogP contribution in [0, 0.1) is 6.92 Å². The molecule has 1 heterocycles. The van der Waals surface area contributed by atoms with Crippen molar-refractivity contribution >= 4 is 23.4 Å². The van der Waals surface area contributed by atoms with Crippen molar-refractivity contribution < 1.29 is 4.79 Å². The minimum atomic E-state index is -0.204. The minimum absolute atomic E-state index is 0.0468. The fourth-order valence-corrected chi connectivity index (χ4v) is 2.99. The number of rotatable bonds is 5. The number of thioether (sulfide) groups is 1. The van der Waals surface area contributed by atoms with Gasteiger partial charge in [-0.05, 0) is 54.6 Å². The van der Waals surface area contributed by atoms with E-state index in [0.29, 0.717) is 5.69 Å². The predicted molar refractivity (Wildman–Crippen MR) is 94.3 cm³/mol. The van der Waals surface area contributed by atoms with E-state index in [9.17, 15) is 4.79 Å². The third-order valence-corrected chi connectivity index (χ3v) is 4.54. The number of carbonyl (C=O) groups is 1. The molecule has 0 saturated carbocycles. The molecule has 7 heteroatoms. The van der Waals surface area contributed by atoms with Crippen LogP contribution in [0.2, 0.25) is 0 Å².